The van der Waals surface area contributed by atoms with Crippen LogP contribution in [0.2, 0.25) is 0 Å². The fourth-order valence-corrected chi connectivity index (χ4v) is 4.36. The topological polar surface area (TPSA) is 73.9 Å². The van der Waals surface area contributed by atoms with Gasteiger partial charge in [-0.05, 0) is 49.4 Å². The Kier molecular flexibility index (Phi) is 8.87. The molecular weight excluding hydrogens is 435 g/mol. The second-order valence-electron chi connectivity index (χ2n) is 8.64. The van der Waals surface area contributed by atoms with E-state index in [0.29, 0.717) is 5.75 Å². The van der Waals surface area contributed by atoms with Crippen LogP contribution < -0.4 is 20.3 Å². The Morgan fingerprint density at radius 2 is 1.74 bits per heavy atom. The number of carbonyl (C=O) groups excluding carboxylic acids is 2. The number of hydrogen-bond donors (Lipinski definition) is 2. The Morgan fingerprint density at radius 1 is 1.06 bits per heavy atom. The molecule has 0 aliphatic carbocycles. The summed E-state index contributed by atoms with van der Waals surface area (Å²) in [5, 5.41) is 5.85. The van der Waals surface area contributed by atoms with Gasteiger partial charge in [-0.2, -0.15) is 0 Å². The number of amides is 2. The number of piperazine rings is 1. The molecule has 2 aromatic carbocycles. The molecule has 0 bridgehead atoms. The van der Waals surface area contributed by atoms with Gasteiger partial charge in [0.15, 0.2) is 0 Å². The Hall–Kier alpha value is -3.13. The molecule has 2 amide bonds. The quantitative estimate of drug-likeness (QED) is 0.588. The largest absolute Gasteiger partial charge is 0.497 e. The van der Waals surface area contributed by atoms with Gasteiger partial charge >= 0.3 is 0 Å². The SMILES string of the molecule is CCN1CCN(c2ccc(F)cc2C(C)NC(=O)CC(NC(C)=O)c2ccc(OC)cc2)CC1. The van der Waals surface area contributed by atoms with Crippen LogP contribution in [0.15, 0.2) is 42.5 Å². The third kappa shape index (κ3) is 6.70. The number of hydrogen-bond acceptors (Lipinski definition) is 5. The smallest absolute Gasteiger partial charge is 0.222 e. The van der Waals surface area contributed by atoms with Gasteiger partial charge < -0.3 is 25.2 Å². The average Bonchev–Trinajstić information content (AvgIpc) is 2.83. The molecule has 1 heterocycles. The van der Waals surface area contributed by atoms with Gasteiger partial charge in [-0.25, -0.2) is 4.39 Å². The van der Waals surface area contributed by atoms with Crippen LogP contribution in [0.1, 0.15) is 50.4 Å². The van der Waals surface area contributed by atoms with Gasteiger partial charge in [0.25, 0.3) is 0 Å². The van der Waals surface area contributed by atoms with Crippen LogP contribution in [0.25, 0.3) is 0 Å². The van der Waals surface area contributed by atoms with Crippen LogP contribution >= 0.6 is 0 Å². The zero-order valence-electron chi connectivity index (χ0n) is 20.4. The number of anilines is 1. The van der Waals surface area contributed by atoms with E-state index in [9.17, 15) is 14.0 Å². The Balaban J connectivity index is 1.72. The van der Waals surface area contributed by atoms with Gasteiger partial charge in [0.1, 0.15) is 11.6 Å². The average molecular weight is 471 g/mol. The fraction of sp³-hybridized carbons (Fsp3) is 0.462. The lowest BCUT2D eigenvalue weighted by molar-refractivity contribution is -0.123. The van der Waals surface area contributed by atoms with Gasteiger partial charge in [0, 0.05) is 44.4 Å². The van der Waals surface area contributed by atoms with Gasteiger partial charge in [-0.1, -0.05) is 19.1 Å². The standard InChI is InChI=1S/C26H35FN4O3/c1-5-30-12-14-31(15-13-30)25-11-8-21(27)16-23(25)18(2)28-26(33)17-24(29-19(3)32)20-6-9-22(34-4)10-7-20/h6-11,16,18,24H,5,12-15,17H2,1-4H3,(H,28,33)(H,29,32). The lowest BCUT2D eigenvalue weighted by Gasteiger charge is -2.37. The molecule has 3 rings (SSSR count). The molecule has 0 radical (unpaired) electrons. The molecule has 2 N–H and O–H groups in total. The van der Waals surface area contributed by atoms with Crippen LogP contribution in [-0.2, 0) is 9.59 Å². The van der Waals surface area contributed by atoms with Crippen LogP contribution in [0.3, 0.4) is 0 Å². The number of halogens is 1. The van der Waals surface area contributed by atoms with Crippen LogP contribution in [0.5, 0.6) is 5.75 Å². The van der Waals surface area contributed by atoms with E-state index in [2.05, 4.69) is 27.4 Å². The summed E-state index contributed by atoms with van der Waals surface area (Å²) in [5.74, 6) is -0.0865. The minimum Gasteiger partial charge on any atom is -0.497 e. The van der Waals surface area contributed by atoms with Crippen molar-refractivity contribution in [1.29, 1.82) is 0 Å². The lowest BCUT2D eigenvalue weighted by Crippen LogP contribution is -2.46. The highest BCUT2D eigenvalue weighted by Crippen LogP contribution is 2.29. The van der Waals surface area contributed by atoms with Crippen LogP contribution in [0.4, 0.5) is 10.1 Å². The Morgan fingerprint density at radius 3 is 2.32 bits per heavy atom. The summed E-state index contributed by atoms with van der Waals surface area (Å²) in [4.78, 5) is 29.4. The minimum absolute atomic E-state index is 0.0655. The summed E-state index contributed by atoms with van der Waals surface area (Å²) < 4.78 is 19.4. The van der Waals surface area contributed by atoms with E-state index in [0.717, 1.165) is 49.5 Å². The molecule has 1 aliphatic rings. The summed E-state index contributed by atoms with van der Waals surface area (Å²) >= 11 is 0. The maximum Gasteiger partial charge on any atom is 0.222 e. The third-order valence-electron chi connectivity index (χ3n) is 6.28. The van der Waals surface area contributed by atoms with Crippen molar-refractivity contribution in [2.75, 3.05) is 44.7 Å². The Bertz CT molecular complexity index is 975. The zero-order chi connectivity index (χ0) is 24.7. The van der Waals surface area contributed by atoms with Crippen molar-refractivity contribution in [1.82, 2.24) is 15.5 Å². The molecule has 0 saturated carbocycles. The first-order valence-electron chi connectivity index (χ1n) is 11.8. The zero-order valence-corrected chi connectivity index (χ0v) is 20.4. The molecule has 8 heteroatoms. The first kappa shape index (κ1) is 25.5. The second-order valence-corrected chi connectivity index (χ2v) is 8.64. The number of carbonyl (C=O) groups is 2. The highest BCUT2D eigenvalue weighted by Gasteiger charge is 2.23. The molecule has 1 fully saturated rings. The van der Waals surface area contributed by atoms with E-state index >= 15 is 0 Å². The van der Waals surface area contributed by atoms with Gasteiger partial charge in [0.05, 0.1) is 25.6 Å². The molecule has 34 heavy (non-hydrogen) atoms. The maximum absolute atomic E-state index is 14.2. The van der Waals surface area contributed by atoms with E-state index < -0.39 is 12.1 Å². The molecule has 2 aromatic rings. The number of ether oxygens (including phenoxy) is 1. The molecule has 2 atom stereocenters. The molecule has 184 valence electrons. The normalized spacial score (nSPS) is 16.0. The number of nitrogens with zero attached hydrogens (tertiary/aromatic N) is 2. The molecule has 1 aliphatic heterocycles. The summed E-state index contributed by atoms with van der Waals surface area (Å²) in [7, 11) is 1.58. The van der Waals surface area contributed by atoms with Crippen molar-refractivity contribution >= 4 is 17.5 Å². The summed E-state index contributed by atoms with van der Waals surface area (Å²) in [6.07, 6.45) is 0.0655. The van der Waals surface area contributed by atoms with Crippen molar-refractivity contribution < 1.29 is 18.7 Å². The van der Waals surface area contributed by atoms with Crippen LogP contribution in [0, 0.1) is 5.82 Å². The molecule has 0 spiro atoms. The van der Waals surface area contributed by atoms with Crippen molar-refractivity contribution in [3.8, 4) is 5.75 Å². The number of methoxy groups -OCH3 is 1. The van der Waals surface area contributed by atoms with Gasteiger partial charge in [0.2, 0.25) is 11.8 Å². The highest BCUT2D eigenvalue weighted by atomic mass is 19.1. The van der Waals surface area contributed by atoms with Gasteiger partial charge in [-0.3, -0.25) is 9.59 Å². The second kappa shape index (κ2) is 11.8. The van der Waals surface area contributed by atoms with E-state index in [1.165, 1.54) is 19.1 Å². The van der Waals surface area contributed by atoms with Crippen LogP contribution in [-0.4, -0.2) is 56.5 Å². The first-order chi connectivity index (χ1) is 16.3. The monoisotopic (exact) mass is 470 g/mol. The predicted molar refractivity (Wildman–Crippen MR) is 131 cm³/mol. The molecule has 0 aromatic heterocycles. The number of benzene rings is 2. The first-order valence-corrected chi connectivity index (χ1v) is 11.8. The van der Waals surface area contributed by atoms with E-state index in [-0.39, 0.29) is 24.1 Å². The van der Waals surface area contributed by atoms with Crippen molar-refractivity contribution in [2.24, 2.45) is 0 Å². The number of nitrogens with one attached hydrogen (secondary N) is 2. The van der Waals surface area contributed by atoms with Crippen molar-refractivity contribution in [3.05, 3.63) is 59.4 Å². The molecule has 2 unspecified atom stereocenters. The molecular formula is C26H35FN4O3. The summed E-state index contributed by atoms with van der Waals surface area (Å²) in [6, 6.07) is 11.1. The molecule has 1 saturated heterocycles. The van der Waals surface area contributed by atoms with E-state index in [1.807, 2.05) is 19.1 Å². The summed E-state index contributed by atoms with van der Waals surface area (Å²) in [6.45, 7) is 10.1. The summed E-state index contributed by atoms with van der Waals surface area (Å²) in [5.41, 5.74) is 2.50. The van der Waals surface area contributed by atoms with E-state index in [4.69, 9.17) is 4.74 Å². The van der Waals surface area contributed by atoms with Crippen molar-refractivity contribution in [2.45, 2.75) is 39.3 Å². The predicted octanol–water partition coefficient (Wildman–Crippen LogP) is 3.42. The van der Waals surface area contributed by atoms with Gasteiger partial charge in [-0.15, -0.1) is 0 Å². The minimum atomic E-state index is -0.482. The number of rotatable bonds is 9. The van der Waals surface area contributed by atoms with Crippen molar-refractivity contribution in [3.63, 3.8) is 0 Å². The van der Waals surface area contributed by atoms with E-state index in [1.54, 1.807) is 25.3 Å². The lowest BCUT2D eigenvalue weighted by atomic mass is 10.0. The number of likely N-dealkylation sites (N-methyl/N-ethyl adjacent to an activating group) is 1. The third-order valence-corrected chi connectivity index (χ3v) is 6.28. The Labute approximate surface area is 201 Å². The molecule has 7 nitrogen and oxygen atoms in total. The maximum atomic E-state index is 14.2. The highest BCUT2D eigenvalue weighted by molar-refractivity contribution is 5.79. The fourth-order valence-electron chi connectivity index (χ4n) is 4.36.